The molecule has 6 aromatic rings. The minimum atomic E-state index is -4.49. The molecule has 0 atom stereocenters. The van der Waals surface area contributed by atoms with Crippen LogP contribution in [0.25, 0.3) is 21.9 Å². The van der Waals surface area contributed by atoms with E-state index < -0.39 is 11.7 Å². The van der Waals surface area contributed by atoms with Crippen LogP contribution in [0.1, 0.15) is 5.56 Å². The maximum absolute atomic E-state index is 13.3. The quantitative estimate of drug-likeness (QED) is 0.207. The van der Waals surface area contributed by atoms with E-state index in [1.54, 1.807) is 6.07 Å². The maximum atomic E-state index is 13.3. The molecule has 0 amide bonds. The predicted octanol–water partition coefficient (Wildman–Crippen LogP) is 8.99. The van der Waals surface area contributed by atoms with Gasteiger partial charge in [0.05, 0.1) is 5.56 Å². The van der Waals surface area contributed by atoms with Gasteiger partial charge in [0.2, 0.25) is 11.9 Å². The Hall–Kier alpha value is -5.44. The SMILES string of the molecule is FC(F)(F)c1cccc(Nc2nc(Nc3cccc4ccccc34)nc(Oc3cccc(-c4ccccc4)c3)n2)c1. The van der Waals surface area contributed by atoms with Gasteiger partial charge in [-0.25, -0.2) is 0 Å². The van der Waals surface area contributed by atoms with Crippen LogP contribution in [0.5, 0.6) is 11.8 Å². The summed E-state index contributed by atoms with van der Waals surface area (Å²) in [5.74, 6) is 0.648. The number of benzene rings is 5. The first kappa shape index (κ1) is 25.8. The highest BCUT2D eigenvalue weighted by Gasteiger charge is 2.30. The van der Waals surface area contributed by atoms with Gasteiger partial charge in [-0.05, 0) is 52.9 Å². The second-order valence-electron chi connectivity index (χ2n) is 9.12. The monoisotopic (exact) mass is 549 g/mol. The van der Waals surface area contributed by atoms with Gasteiger partial charge in [-0.15, -0.1) is 0 Å². The molecule has 0 radical (unpaired) electrons. The summed E-state index contributed by atoms with van der Waals surface area (Å²) in [6.07, 6.45) is -4.49. The molecule has 9 heteroatoms. The molecule has 202 valence electrons. The fourth-order valence-corrected chi connectivity index (χ4v) is 4.35. The zero-order valence-corrected chi connectivity index (χ0v) is 21.4. The van der Waals surface area contributed by atoms with Crippen molar-refractivity contribution in [2.45, 2.75) is 6.18 Å². The first-order chi connectivity index (χ1) is 19.9. The van der Waals surface area contributed by atoms with Crippen molar-refractivity contribution in [3.63, 3.8) is 0 Å². The lowest BCUT2D eigenvalue weighted by molar-refractivity contribution is -0.137. The molecule has 0 aliphatic carbocycles. The van der Waals surface area contributed by atoms with Gasteiger partial charge in [0, 0.05) is 16.8 Å². The number of alkyl halides is 3. The summed E-state index contributed by atoms with van der Waals surface area (Å²) < 4.78 is 46.0. The Morgan fingerprint density at radius 3 is 2.10 bits per heavy atom. The van der Waals surface area contributed by atoms with Gasteiger partial charge in [-0.1, -0.05) is 84.9 Å². The van der Waals surface area contributed by atoms with Crippen molar-refractivity contribution in [1.82, 2.24) is 15.0 Å². The van der Waals surface area contributed by atoms with Gasteiger partial charge < -0.3 is 15.4 Å². The van der Waals surface area contributed by atoms with Gasteiger partial charge in [-0.3, -0.25) is 0 Å². The fourth-order valence-electron chi connectivity index (χ4n) is 4.35. The van der Waals surface area contributed by atoms with E-state index in [0.717, 1.165) is 39.7 Å². The molecule has 2 N–H and O–H groups in total. The lowest BCUT2D eigenvalue weighted by atomic mass is 10.1. The van der Waals surface area contributed by atoms with Crippen LogP contribution in [0, 0.1) is 0 Å². The lowest BCUT2D eigenvalue weighted by Crippen LogP contribution is -2.07. The highest BCUT2D eigenvalue weighted by molar-refractivity contribution is 5.94. The summed E-state index contributed by atoms with van der Waals surface area (Å²) in [5.41, 5.74) is 2.07. The zero-order chi connectivity index (χ0) is 28.2. The molecule has 0 saturated heterocycles. The predicted molar refractivity (Wildman–Crippen MR) is 154 cm³/mol. The van der Waals surface area contributed by atoms with E-state index in [2.05, 4.69) is 25.6 Å². The number of hydrogen-bond acceptors (Lipinski definition) is 6. The van der Waals surface area contributed by atoms with Crippen LogP contribution >= 0.6 is 0 Å². The molecular formula is C32H22F3N5O. The van der Waals surface area contributed by atoms with Crippen LogP contribution in [-0.4, -0.2) is 15.0 Å². The lowest BCUT2D eigenvalue weighted by Gasteiger charge is -2.13. The molecular weight excluding hydrogens is 527 g/mol. The molecule has 0 aliphatic rings. The molecule has 1 heterocycles. The second kappa shape index (κ2) is 11.0. The minimum Gasteiger partial charge on any atom is -0.424 e. The van der Waals surface area contributed by atoms with E-state index in [1.807, 2.05) is 91.0 Å². The van der Waals surface area contributed by atoms with Gasteiger partial charge in [-0.2, -0.15) is 28.1 Å². The van der Waals surface area contributed by atoms with Gasteiger partial charge in [0.15, 0.2) is 0 Å². The zero-order valence-electron chi connectivity index (χ0n) is 21.4. The number of nitrogens with one attached hydrogen (secondary N) is 2. The largest absolute Gasteiger partial charge is 0.424 e. The van der Waals surface area contributed by atoms with Gasteiger partial charge in [0.25, 0.3) is 0 Å². The summed E-state index contributed by atoms with van der Waals surface area (Å²) in [6, 6.07) is 35.6. The molecule has 5 aromatic carbocycles. The van der Waals surface area contributed by atoms with Crippen LogP contribution in [0.4, 0.5) is 36.4 Å². The molecule has 6 nitrogen and oxygen atoms in total. The average Bonchev–Trinajstić information content (AvgIpc) is 2.98. The second-order valence-corrected chi connectivity index (χ2v) is 9.12. The molecule has 0 saturated carbocycles. The van der Waals surface area contributed by atoms with Crippen LogP contribution < -0.4 is 15.4 Å². The standard InChI is InChI=1S/C32H22F3N5O/c33-32(34,35)24-14-8-15-25(20-24)36-29-38-30(37-28-18-7-12-22-11-4-5-17-27(22)28)40-31(39-29)41-26-16-6-13-23(19-26)21-9-2-1-3-10-21/h1-20H,(H2,36,37,38,39,40). The summed E-state index contributed by atoms with van der Waals surface area (Å²) in [5, 5.41) is 8.03. The smallest absolute Gasteiger partial charge is 0.416 e. The topological polar surface area (TPSA) is 72.0 Å². The number of ether oxygens (including phenoxy) is 1. The van der Waals surface area contributed by atoms with Crippen LogP contribution in [0.15, 0.2) is 121 Å². The van der Waals surface area contributed by atoms with Crippen molar-refractivity contribution < 1.29 is 17.9 Å². The first-order valence-electron chi connectivity index (χ1n) is 12.7. The number of nitrogens with zero attached hydrogens (tertiary/aromatic N) is 3. The Kier molecular flexibility index (Phi) is 6.91. The van der Waals surface area contributed by atoms with Crippen LogP contribution in [0.3, 0.4) is 0 Å². The summed E-state index contributed by atoms with van der Waals surface area (Å²) >= 11 is 0. The van der Waals surface area contributed by atoms with Crippen LogP contribution in [-0.2, 0) is 6.18 Å². The van der Waals surface area contributed by atoms with Crippen LogP contribution in [0.2, 0.25) is 0 Å². The highest BCUT2D eigenvalue weighted by Crippen LogP contribution is 2.32. The summed E-state index contributed by atoms with van der Waals surface area (Å²) in [7, 11) is 0. The van der Waals surface area contributed by atoms with Crippen molar-refractivity contribution in [1.29, 1.82) is 0 Å². The molecule has 0 aliphatic heterocycles. The molecule has 0 spiro atoms. The molecule has 0 unspecified atom stereocenters. The van der Waals surface area contributed by atoms with E-state index in [0.29, 0.717) is 5.75 Å². The first-order valence-corrected chi connectivity index (χ1v) is 12.7. The third-order valence-electron chi connectivity index (χ3n) is 6.25. The summed E-state index contributed by atoms with van der Waals surface area (Å²) in [6.45, 7) is 0. The normalized spacial score (nSPS) is 11.3. The average molecular weight is 550 g/mol. The van der Waals surface area contributed by atoms with E-state index in [-0.39, 0.29) is 23.6 Å². The van der Waals surface area contributed by atoms with E-state index >= 15 is 0 Å². The fraction of sp³-hybridized carbons (Fsp3) is 0.0312. The van der Waals surface area contributed by atoms with Crippen molar-refractivity contribution in [2.24, 2.45) is 0 Å². The maximum Gasteiger partial charge on any atom is 0.416 e. The number of rotatable bonds is 7. The molecule has 6 rings (SSSR count). The van der Waals surface area contributed by atoms with Crippen molar-refractivity contribution >= 4 is 34.0 Å². The number of aromatic nitrogens is 3. The van der Waals surface area contributed by atoms with Gasteiger partial charge in [0.1, 0.15) is 5.75 Å². The third-order valence-corrected chi connectivity index (χ3v) is 6.25. The van der Waals surface area contributed by atoms with Gasteiger partial charge >= 0.3 is 12.2 Å². The van der Waals surface area contributed by atoms with Crippen molar-refractivity contribution in [3.8, 4) is 22.9 Å². The number of halogens is 3. The Labute approximate surface area is 233 Å². The molecule has 1 aromatic heterocycles. The van der Waals surface area contributed by atoms with E-state index in [1.165, 1.54) is 12.1 Å². The summed E-state index contributed by atoms with van der Waals surface area (Å²) in [4.78, 5) is 13.2. The third kappa shape index (κ3) is 6.09. The van der Waals surface area contributed by atoms with E-state index in [9.17, 15) is 13.2 Å². The minimum absolute atomic E-state index is 0.0104. The Bertz CT molecular complexity index is 1820. The van der Waals surface area contributed by atoms with E-state index in [4.69, 9.17) is 4.74 Å². The molecule has 41 heavy (non-hydrogen) atoms. The molecule has 0 bridgehead atoms. The number of anilines is 4. The number of fused-ring (bicyclic) bond motifs is 1. The highest BCUT2D eigenvalue weighted by atomic mass is 19.4. The number of hydrogen-bond donors (Lipinski definition) is 2. The Balaban J connectivity index is 1.36. The Morgan fingerprint density at radius 2 is 1.27 bits per heavy atom. The van der Waals surface area contributed by atoms with Crippen molar-refractivity contribution in [3.05, 3.63) is 127 Å². The Morgan fingerprint density at radius 1 is 0.585 bits per heavy atom. The van der Waals surface area contributed by atoms with Crippen molar-refractivity contribution in [2.75, 3.05) is 10.6 Å². The molecule has 0 fully saturated rings.